The van der Waals surface area contributed by atoms with Crippen molar-refractivity contribution in [3.05, 3.63) is 0 Å². The number of ether oxygens (including phenoxy) is 3. The summed E-state index contributed by atoms with van der Waals surface area (Å²) in [7, 11) is 0. The third kappa shape index (κ3) is 13.2. The molecule has 0 bridgehead atoms. The lowest BCUT2D eigenvalue weighted by Gasteiger charge is -2.36. The van der Waals surface area contributed by atoms with E-state index < -0.39 is 66.4 Å². The third-order valence-corrected chi connectivity index (χ3v) is 4.76. The fraction of sp³-hybridized carbons (Fsp3) is 0.824. The highest BCUT2D eigenvalue weighted by Crippen LogP contribution is 2.38. The number of carbonyl (C=O) groups is 3. The van der Waals surface area contributed by atoms with Crippen LogP contribution in [0.1, 0.15) is 45.4 Å². The number of esters is 1. The summed E-state index contributed by atoms with van der Waals surface area (Å²) in [5.41, 5.74) is -0.541. The molecule has 0 spiro atoms. The quantitative estimate of drug-likeness (QED) is 0.105. The van der Waals surface area contributed by atoms with E-state index in [1.54, 1.807) is 0 Å². The molecule has 1 aliphatic rings. The molecule has 1 aliphatic carbocycles. The largest absolute Gasteiger partial charge is 0.481 e. The van der Waals surface area contributed by atoms with Crippen molar-refractivity contribution in [2.45, 2.75) is 57.8 Å². The monoisotopic (exact) mass is 485 g/mol. The van der Waals surface area contributed by atoms with Gasteiger partial charge in [-0.25, -0.2) is 19.3 Å². The molecule has 2 atom stereocenters. The fourth-order valence-corrected chi connectivity index (χ4v) is 3.40. The Bertz CT molecular complexity index is 613. The molecule has 0 aromatic carbocycles. The molecule has 0 saturated heterocycles. The molecule has 0 heterocycles. The summed E-state index contributed by atoms with van der Waals surface area (Å²) in [5, 5.41) is 44.6. The van der Waals surface area contributed by atoms with Crippen LogP contribution >= 0.6 is 0 Å². The second-order valence-corrected chi connectivity index (χ2v) is 7.49. The number of carboxylic acid groups (broad SMARTS) is 1. The zero-order chi connectivity index (χ0) is 24.9. The molecule has 0 radical (unpaired) electrons. The summed E-state index contributed by atoms with van der Waals surface area (Å²) >= 11 is 0. The van der Waals surface area contributed by atoms with Gasteiger partial charge in [0.1, 0.15) is 19.3 Å². The van der Waals surface area contributed by atoms with Crippen molar-refractivity contribution in [3.63, 3.8) is 0 Å². The Morgan fingerprint density at radius 2 is 1.67 bits per heavy atom. The van der Waals surface area contributed by atoms with Crippen molar-refractivity contribution in [1.82, 2.24) is 16.1 Å². The molecule has 16 heteroatoms. The number of hydrogen-bond acceptors (Lipinski definition) is 14. The molecule has 0 aromatic rings. The van der Waals surface area contributed by atoms with E-state index >= 15 is 0 Å². The maximum absolute atomic E-state index is 12.0. The summed E-state index contributed by atoms with van der Waals surface area (Å²) in [6, 6.07) is 0. The first-order chi connectivity index (χ1) is 15.5. The normalized spacial score (nSPS) is 17.4. The van der Waals surface area contributed by atoms with Crippen LogP contribution in [0.4, 0.5) is 4.79 Å². The van der Waals surface area contributed by atoms with Crippen molar-refractivity contribution >= 4 is 18.0 Å². The summed E-state index contributed by atoms with van der Waals surface area (Å²) in [6.07, 6.45) is 0.649. The van der Waals surface area contributed by atoms with Crippen LogP contribution in [0.2, 0.25) is 0 Å². The highest BCUT2D eigenvalue weighted by atomic mass is 17.1. The van der Waals surface area contributed by atoms with Gasteiger partial charge in [0.25, 0.3) is 0 Å². The second kappa shape index (κ2) is 14.9. The van der Waals surface area contributed by atoms with Crippen molar-refractivity contribution in [3.8, 4) is 0 Å². The first-order valence-electron chi connectivity index (χ1n) is 10.1. The zero-order valence-corrected chi connectivity index (χ0v) is 18.1. The predicted molar refractivity (Wildman–Crippen MR) is 100 cm³/mol. The minimum atomic E-state index is -1.28. The highest BCUT2D eigenvalue weighted by Gasteiger charge is 2.35. The first-order valence-corrected chi connectivity index (χ1v) is 10.1. The Morgan fingerprint density at radius 1 is 1.00 bits per heavy atom. The first kappa shape index (κ1) is 28.9. The molecule has 1 amide bonds. The number of carboxylic acids is 1. The van der Waals surface area contributed by atoms with E-state index in [0.717, 1.165) is 19.3 Å². The number of aliphatic carboxylic acids is 1. The van der Waals surface area contributed by atoms with Crippen LogP contribution in [-0.2, 0) is 33.5 Å². The smallest absolute Gasteiger partial charge is 0.410 e. The molecule has 0 aromatic heterocycles. The van der Waals surface area contributed by atoms with Gasteiger partial charge in [0.15, 0.2) is 0 Å². The Morgan fingerprint density at radius 3 is 2.24 bits per heavy atom. The minimum Gasteiger partial charge on any atom is -0.481 e. The van der Waals surface area contributed by atoms with E-state index in [0.29, 0.717) is 12.8 Å². The number of hydrogen-bond donors (Lipinski definition) is 6. The second-order valence-electron chi connectivity index (χ2n) is 7.49. The fourth-order valence-electron chi connectivity index (χ4n) is 3.40. The molecular weight excluding hydrogens is 454 g/mol. The number of alkyl carbamates (subject to hydrolysis) is 1. The maximum atomic E-state index is 12.0. The van der Waals surface area contributed by atoms with Gasteiger partial charge in [-0.05, 0) is 18.3 Å². The van der Waals surface area contributed by atoms with E-state index in [9.17, 15) is 14.4 Å². The highest BCUT2D eigenvalue weighted by molar-refractivity contribution is 5.71. The Labute approximate surface area is 188 Å². The lowest BCUT2D eigenvalue weighted by atomic mass is 9.72. The van der Waals surface area contributed by atoms with Crippen LogP contribution in [0, 0.1) is 5.41 Å². The van der Waals surface area contributed by atoms with Crippen molar-refractivity contribution in [2.75, 3.05) is 26.4 Å². The predicted octanol–water partition coefficient (Wildman–Crippen LogP) is 0.436. The molecule has 6 N–H and O–H groups in total. The van der Waals surface area contributed by atoms with Gasteiger partial charge in [-0.3, -0.25) is 25.6 Å². The van der Waals surface area contributed by atoms with Crippen LogP contribution in [0.15, 0.2) is 0 Å². The number of rotatable bonds is 15. The lowest BCUT2D eigenvalue weighted by Crippen LogP contribution is -2.41. The number of nitrogens with one attached hydrogen (secondary N) is 1. The molecule has 33 heavy (non-hydrogen) atoms. The molecule has 1 saturated carbocycles. The molecule has 1 rings (SSSR count). The van der Waals surface area contributed by atoms with Crippen LogP contribution < -0.4 is 5.32 Å². The molecule has 192 valence electrons. The van der Waals surface area contributed by atoms with Gasteiger partial charge in [-0.15, -0.1) is 0 Å². The van der Waals surface area contributed by atoms with E-state index in [4.69, 9.17) is 40.1 Å². The van der Waals surface area contributed by atoms with Gasteiger partial charge < -0.3 is 24.6 Å². The van der Waals surface area contributed by atoms with Gasteiger partial charge in [-0.2, -0.15) is 0 Å². The molecule has 1 unspecified atom stereocenters. The minimum absolute atomic E-state index is 0.0656. The van der Waals surface area contributed by atoms with Gasteiger partial charge in [0.2, 0.25) is 6.29 Å². The van der Waals surface area contributed by atoms with Gasteiger partial charge in [0.05, 0.1) is 23.8 Å². The average molecular weight is 485 g/mol. The topological polar surface area (TPSA) is 217 Å². The van der Waals surface area contributed by atoms with E-state index in [1.807, 2.05) is 0 Å². The van der Waals surface area contributed by atoms with Gasteiger partial charge in [-0.1, -0.05) is 19.3 Å². The Hall–Kier alpha value is -2.15. The number of carbonyl (C=O) groups excluding carboxylic acids is 2. The summed E-state index contributed by atoms with van der Waals surface area (Å²) in [4.78, 5) is 43.6. The Balaban J connectivity index is 2.35. The molecule has 1 fully saturated rings. The average Bonchev–Trinajstić information content (AvgIpc) is 2.70. The van der Waals surface area contributed by atoms with Gasteiger partial charge in [0, 0.05) is 13.5 Å². The van der Waals surface area contributed by atoms with Crippen molar-refractivity contribution in [1.29, 1.82) is 0 Å². The lowest BCUT2D eigenvalue weighted by molar-refractivity contribution is -0.528. The summed E-state index contributed by atoms with van der Waals surface area (Å²) in [6.45, 7) is -0.283. The maximum Gasteiger partial charge on any atom is 0.410 e. The van der Waals surface area contributed by atoms with Gasteiger partial charge >= 0.3 is 18.0 Å². The Kier molecular flexibility index (Phi) is 13.0. The summed E-state index contributed by atoms with van der Waals surface area (Å²) in [5.74, 6) is -1.87. The summed E-state index contributed by atoms with van der Waals surface area (Å²) < 4.78 is 14.7. The SMILES string of the molecule is CC(OC(=O)COC[C@@H](CON(O)O)ON(O)O)OC(=O)NCC1(CC(=O)O)CCCCC1. The number of nitrogens with zero attached hydrogens (tertiary/aromatic N) is 2. The van der Waals surface area contributed by atoms with E-state index in [1.165, 1.54) is 6.92 Å². The third-order valence-electron chi connectivity index (χ3n) is 4.76. The molecule has 16 nitrogen and oxygen atoms in total. The van der Waals surface area contributed by atoms with Crippen molar-refractivity contribution in [2.24, 2.45) is 5.41 Å². The van der Waals surface area contributed by atoms with Crippen LogP contribution in [-0.4, -0.2) is 93.5 Å². The van der Waals surface area contributed by atoms with E-state index in [-0.39, 0.29) is 13.0 Å². The number of amides is 1. The zero-order valence-electron chi connectivity index (χ0n) is 18.1. The molecule has 0 aliphatic heterocycles. The van der Waals surface area contributed by atoms with Crippen LogP contribution in [0.5, 0.6) is 0 Å². The molecular formula is C17H31N3O13. The van der Waals surface area contributed by atoms with Crippen LogP contribution in [0.3, 0.4) is 0 Å². The van der Waals surface area contributed by atoms with E-state index in [2.05, 4.69) is 15.0 Å². The van der Waals surface area contributed by atoms with Crippen LogP contribution in [0.25, 0.3) is 0 Å². The standard InChI is InChI=1S/C17H31N3O13/c1-12(31-15(23)10-29-8-13(33-20(27)28)9-30-19(25)26)32-16(24)18-11-17(7-14(21)22)5-3-2-4-6-17/h12-13,25-28H,2-11H2,1H3,(H,18,24)(H,21,22)/t12?,13-/m0/s1. The van der Waals surface area contributed by atoms with Crippen molar-refractivity contribution < 1.29 is 64.2 Å².